The SMILES string of the molecule is CCN(CC[C@@H](C)C/C=C/C[C@H](C)CS)c1cc(C(N)=O)ccc1OCCCCc1cccc(Cl)c1. The molecule has 6 heteroatoms. The lowest BCUT2D eigenvalue weighted by atomic mass is 10.0. The third-order valence-corrected chi connectivity index (χ3v) is 7.28. The van der Waals surface area contributed by atoms with Gasteiger partial charge in [0.15, 0.2) is 0 Å². The maximum atomic E-state index is 11.9. The highest BCUT2D eigenvalue weighted by molar-refractivity contribution is 7.80. The first-order chi connectivity index (χ1) is 17.3. The summed E-state index contributed by atoms with van der Waals surface area (Å²) in [4.78, 5) is 14.1. The Kier molecular flexibility index (Phi) is 13.9. The number of aryl methyl sites for hydroxylation is 1. The van der Waals surface area contributed by atoms with Crippen LogP contribution in [-0.4, -0.2) is 31.4 Å². The lowest BCUT2D eigenvalue weighted by Crippen LogP contribution is -2.26. The number of anilines is 1. The van der Waals surface area contributed by atoms with Crippen LogP contribution in [-0.2, 0) is 6.42 Å². The van der Waals surface area contributed by atoms with Crippen LogP contribution in [0.25, 0.3) is 0 Å². The predicted octanol–water partition coefficient (Wildman–Crippen LogP) is 7.60. The van der Waals surface area contributed by atoms with Gasteiger partial charge >= 0.3 is 0 Å². The number of unbranched alkanes of at least 4 members (excludes halogenated alkanes) is 1. The first kappa shape index (κ1) is 30.1. The number of allylic oxidation sites excluding steroid dienone is 2. The largest absolute Gasteiger partial charge is 0.491 e. The van der Waals surface area contributed by atoms with Crippen molar-refractivity contribution >= 4 is 35.8 Å². The Morgan fingerprint density at radius 3 is 2.53 bits per heavy atom. The van der Waals surface area contributed by atoms with Crippen LogP contribution in [0.2, 0.25) is 5.02 Å². The summed E-state index contributed by atoms with van der Waals surface area (Å²) in [6.07, 6.45) is 10.7. The summed E-state index contributed by atoms with van der Waals surface area (Å²) in [6.45, 7) is 8.99. The molecule has 198 valence electrons. The number of rotatable bonds is 17. The molecule has 2 aromatic rings. The minimum Gasteiger partial charge on any atom is -0.491 e. The molecule has 2 N–H and O–H groups in total. The van der Waals surface area contributed by atoms with Crippen LogP contribution in [0.15, 0.2) is 54.6 Å². The molecule has 0 radical (unpaired) electrons. The van der Waals surface area contributed by atoms with Crippen molar-refractivity contribution in [2.75, 3.05) is 30.3 Å². The van der Waals surface area contributed by atoms with Gasteiger partial charge in [0.25, 0.3) is 0 Å². The minimum absolute atomic E-state index is 0.422. The monoisotopic (exact) mass is 530 g/mol. The topological polar surface area (TPSA) is 55.6 Å². The van der Waals surface area contributed by atoms with E-state index in [1.807, 2.05) is 30.3 Å². The molecule has 1 amide bonds. The molecule has 0 saturated heterocycles. The van der Waals surface area contributed by atoms with Crippen LogP contribution >= 0.6 is 24.2 Å². The molecule has 0 heterocycles. The predicted molar refractivity (Wildman–Crippen MR) is 158 cm³/mol. The van der Waals surface area contributed by atoms with E-state index in [-0.39, 0.29) is 0 Å². The summed E-state index contributed by atoms with van der Waals surface area (Å²) in [6, 6.07) is 13.5. The molecular weight excluding hydrogens is 488 g/mol. The maximum Gasteiger partial charge on any atom is 0.248 e. The number of benzene rings is 2. The number of hydrogen-bond acceptors (Lipinski definition) is 4. The van der Waals surface area contributed by atoms with E-state index in [1.54, 1.807) is 6.07 Å². The van der Waals surface area contributed by atoms with Crippen molar-refractivity contribution in [1.82, 2.24) is 0 Å². The molecule has 0 aliphatic heterocycles. The van der Waals surface area contributed by atoms with Crippen LogP contribution in [0.3, 0.4) is 0 Å². The van der Waals surface area contributed by atoms with Crippen LogP contribution in [0.5, 0.6) is 5.75 Å². The highest BCUT2D eigenvalue weighted by Gasteiger charge is 2.15. The zero-order valence-corrected chi connectivity index (χ0v) is 23.7. The van der Waals surface area contributed by atoms with Gasteiger partial charge in [-0.15, -0.1) is 0 Å². The molecule has 0 fully saturated rings. The van der Waals surface area contributed by atoms with Crippen LogP contribution in [0.1, 0.15) is 68.8 Å². The summed E-state index contributed by atoms with van der Waals surface area (Å²) >= 11 is 10.4. The number of nitrogens with zero attached hydrogens (tertiary/aromatic N) is 1. The fourth-order valence-corrected chi connectivity index (χ4v) is 4.38. The van der Waals surface area contributed by atoms with E-state index in [0.29, 0.717) is 24.0 Å². The van der Waals surface area contributed by atoms with Crippen molar-refractivity contribution in [2.24, 2.45) is 17.6 Å². The van der Waals surface area contributed by atoms with Crippen molar-refractivity contribution < 1.29 is 9.53 Å². The van der Waals surface area contributed by atoms with Gasteiger partial charge in [0.2, 0.25) is 5.91 Å². The van der Waals surface area contributed by atoms with Gasteiger partial charge in [0.05, 0.1) is 12.3 Å². The lowest BCUT2D eigenvalue weighted by Gasteiger charge is -2.27. The Bertz CT molecular complexity index is 966. The second kappa shape index (κ2) is 16.6. The molecule has 4 nitrogen and oxygen atoms in total. The van der Waals surface area contributed by atoms with E-state index in [2.05, 4.69) is 56.5 Å². The van der Waals surface area contributed by atoms with Gasteiger partial charge in [-0.1, -0.05) is 49.7 Å². The standard InChI is InChI=1S/C30H43ClN2O2S/c1-4-33(18-17-23(2)10-5-6-11-24(3)22-36)28-21-26(30(32)34)15-16-29(28)35-19-8-7-12-25-13-9-14-27(31)20-25/h5-6,9,13-16,20-21,23-24,36H,4,7-8,10-12,17-19,22H2,1-3H3,(H2,32,34)/b6-5+/t23-,24-/m0/s1. The lowest BCUT2D eigenvalue weighted by molar-refractivity contribution is 0.1000. The number of thiol groups is 1. The van der Waals surface area contributed by atoms with E-state index in [4.69, 9.17) is 22.1 Å². The van der Waals surface area contributed by atoms with Crippen LogP contribution in [0.4, 0.5) is 5.69 Å². The number of ether oxygens (including phenoxy) is 1. The number of nitrogens with two attached hydrogens (primary N) is 1. The van der Waals surface area contributed by atoms with E-state index in [9.17, 15) is 4.79 Å². The van der Waals surface area contributed by atoms with Crippen LogP contribution < -0.4 is 15.4 Å². The molecule has 0 unspecified atom stereocenters. The first-order valence-corrected chi connectivity index (χ1v) is 14.2. The molecule has 0 aliphatic rings. The third kappa shape index (κ3) is 10.9. The average molecular weight is 531 g/mol. The smallest absolute Gasteiger partial charge is 0.248 e. The molecule has 2 aromatic carbocycles. The fraction of sp³-hybridized carbons (Fsp3) is 0.500. The Balaban J connectivity index is 1.94. The van der Waals surface area contributed by atoms with E-state index >= 15 is 0 Å². The highest BCUT2D eigenvalue weighted by Crippen LogP contribution is 2.31. The Morgan fingerprint density at radius 2 is 1.86 bits per heavy atom. The Morgan fingerprint density at radius 1 is 1.11 bits per heavy atom. The van der Waals surface area contributed by atoms with E-state index in [1.165, 1.54) is 5.56 Å². The first-order valence-electron chi connectivity index (χ1n) is 13.2. The molecule has 0 saturated carbocycles. The molecule has 0 spiro atoms. The van der Waals surface area contributed by atoms with Crippen LogP contribution in [0, 0.1) is 11.8 Å². The number of carbonyl (C=O) groups excluding carboxylic acids is 1. The minimum atomic E-state index is -0.422. The van der Waals surface area contributed by atoms with Gasteiger partial charge < -0.3 is 15.4 Å². The van der Waals surface area contributed by atoms with E-state index in [0.717, 1.165) is 73.8 Å². The summed E-state index contributed by atoms with van der Waals surface area (Å²) in [5.74, 6) is 2.48. The molecule has 36 heavy (non-hydrogen) atoms. The molecule has 2 rings (SSSR count). The second-order valence-electron chi connectivity index (χ2n) is 9.69. The average Bonchev–Trinajstić information content (AvgIpc) is 2.87. The second-order valence-corrected chi connectivity index (χ2v) is 10.5. The third-order valence-electron chi connectivity index (χ3n) is 6.42. The van der Waals surface area contributed by atoms with Gasteiger partial charge in [0, 0.05) is 23.7 Å². The van der Waals surface area contributed by atoms with Gasteiger partial charge in [-0.05, 0) is 98.9 Å². The Hall–Kier alpha value is -2.11. The highest BCUT2D eigenvalue weighted by atomic mass is 35.5. The van der Waals surface area contributed by atoms with Crippen molar-refractivity contribution in [3.8, 4) is 5.75 Å². The van der Waals surface area contributed by atoms with Gasteiger partial charge in [-0.2, -0.15) is 12.6 Å². The number of halogens is 1. The van der Waals surface area contributed by atoms with Crippen molar-refractivity contribution in [3.05, 3.63) is 70.8 Å². The molecule has 0 aromatic heterocycles. The molecule has 0 bridgehead atoms. The fourth-order valence-electron chi connectivity index (χ4n) is 4.02. The van der Waals surface area contributed by atoms with Gasteiger partial charge in [0.1, 0.15) is 5.75 Å². The number of primary amides is 1. The Labute approximate surface area is 228 Å². The molecular formula is C30H43ClN2O2S. The number of carbonyl (C=O) groups is 1. The van der Waals surface area contributed by atoms with Crippen molar-refractivity contribution in [3.63, 3.8) is 0 Å². The molecule has 0 aliphatic carbocycles. The molecule has 2 atom stereocenters. The summed E-state index contributed by atoms with van der Waals surface area (Å²) in [5, 5.41) is 0.774. The quantitative estimate of drug-likeness (QED) is 0.126. The summed E-state index contributed by atoms with van der Waals surface area (Å²) in [7, 11) is 0. The van der Waals surface area contributed by atoms with Crippen molar-refractivity contribution in [2.45, 2.75) is 59.3 Å². The zero-order chi connectivity index (χ0) is 26.3. The summed E-state index contributed by atoms with van der Waals surface area (Å²) < 4.78 is 6.20. The van der Waals surface area contributed by atoms with Gasteiger partial charge in [-0.25, -0.2) is 0 Å². The maximum absolute atomic E-state index is 11.9. The number of hydrogen-bond donors (Lipinski definition) is 2. The zero-order valence-electron chi connectivity index (χ0n) is 22.1. The number of amides is 1. The normalized spacial score (nSPS) is 13.0. The van der Waals surface area contributed by atoms with E-state index < -0.39 is 5.91 Å². The van der Waals surface area contributed by atoms with Gasteiger partial charge in [-0.3, -0.25) is 4.79 Å². The summed E-state index contributed by atoms with van der Waals surface area (Å²) in [5.41, 5.74) is 8.27. The van der Waals surface area contributed by atoms with Crippen molar-refractivity contribution in [1.29, 1.82) is 0 Å².